The van der Waals surface area contributed by atoms with Gasteiger partial charge in [0.05, 0.1) is 12.1 Å². The fraction of sp³-hybridized carbons (Fsp3) is 0.944. The van der Waals surface area contributed by atoms with Crippen molar-refractivity contribution in [2.45, 2.75) is 71.4 Å². The van der Waals surface area contributed by atoms with E-state index in [1.54, 1.807) is 0 Å². The Balaban J connectivity index is 2.04. The Hall–Kier alpha value is -0.610. The van der Waals surface area contributed by atoms with Gasteiger partial charge >= 0.3 is 5.97 Å². The van der Waals surface area contributed by atoms with Crippen LogP contribution in [0.1, 0.15) is 59.8 Å². The van der Waals surface area contributed by atoms with E-state index in [9.17, 15) is 4.79 Å². The second kappa shape index (κ2) is 5.20. The molecule has 4 heteroatoms. The van der Waals surface area contributed by atoms with Gasteiger partial charge in [-0.25, -0.2) is 0 Å². The molecule has 0 spiro atoms. The zero-order valence-corrected chi connectivity index (χ0v) is 14.7. The number of carbonyl (C=O) groups excluding carboxylic acids is 1. The number of nitrogens with zero attached hydrogens (tertiary/aromatic N) is 1. The maximum atomic E-state index is 12.5. The van der Waals surface area contributed by atoms with Crippen LogP contribution in [0.25, 0.3) is 0 Å². The molecule has 0 amide bonds. The van der Waals surface area contributed by atoms with E-state index in [4.69, 9.17) is 10.5 Å². The molecule has 22 heavy (non-hydrogen) atoms. The highest BCUT2D eigenvalue weighted by Gasteiger charge is 2.73. The van der Waals surface area contributed by atoms with Crippen LogP contribution in [0.2, 0.25) is 0 Å². The molecule has 1 saturated heterocycles. The van der Waals surface area contributed by atoms with E-state index in [1.807, 2.05) is 6.92 Å². The predicted molar refractivity (Wildman–Crippen MR) is 87.4 cm³/mol. The lowest BCUT2D eigenvalue weighted by Gasteiger charge is -2.55. The molecule has 126 valence electrons. The zero-order chi connectivity index (χ0) is 16.2. The molecule has 0 aromatic rings. The summed E-state index contributed by atoms with van der Waals surface area (Å²) in [7, 11) is 0. The number of rotatable bonds is 4. The van der Waals surface area contributed by atoms with Crippen molar-refractivity contribution >= 4 is 5.97 Å². The summed E-state index contributed by atoms with van der Waals surface area (Å²) < 4.78 is 5.33. The molecule has 2 saturated carbocycles. The van der Waals surface area contributed by atoms with E-state index >= 15 is 0 Å². The van der Waals surface area contributed by atoms with Crippen LogP contribution in [-0.2, 0) is 9.53 Å². The summed E-state index contributed by atoms with van der Waals surface area (Å²) >= 11 is 0. The molecule has 3 fully saturated rings. The van der Waals surface area contributed by atoms with Crippen LogP contribution in [0.3, 0.4) is 0 Å². The standard InChI is InChI=1S/C18H32N2O2/c1-5-22-15(21)14(19)18(20-10-6-7-11-20)12-13-8-9-17(18,4)16(13,2)3/h13-14H,5-12,19H2,1-4H3/t13-,14+,17+,18-/m0/s1. The van der Waals surface area contributed by atoms with E-state index in [2.05, 4.69) is 25.7 Å². The van der Waals surface area contributed by atoms with Gasteiger partial charge in [-0.05, 0) is 68.9 Å². The van der Waals surface area contributed by atoms with Crippen LogP contribution >= 0.6 is 0 Å². The monoisotopic (exact) mass is 308 g/mol. The van der Waals surface area contributed by atoms with Crippen LogP contribution in [-0.4, -0.2) is 42.1 Å². The van der Waals surface area contributed by atoms with Gasteiger partial charge in [-0.1, -0.05) is 20.8 Å². The van der Waals surface area contributed by atoms with Crippen molar-refractivity contribution in [1.82, 2.24) is 4.90 Å². The number of nitrogens with two attached hydrogens (primary N) is 1. The maximum Gasteiger partial charge on any atom is 0.324 e. The van der Waals surface area contributed by atoms with Gasteiger partial charge in [-0.2, -0.15) is 0 Å². The highest BCUT2D eigenvalue weighted by Crippen LogP contribution is 2.72. The van der Waals surface area contributed by atoms with Gasteiger partial charge < -0.3 is 10.5 Å². The number of hydrogen-bond acceptors (Lipinski definition) is 4. The van der Waals surface area contributed by atoms with Crippen molar-refractivity contribution in [3.63, 3.8) is 0 Å². The van der Waals surface area contributed by atoms with Crippen molar-refractivity contribution in [2.24, 2.45) is 22.5 Å². The maximum absolute atomic E-state index is 12.5. The molecular formula is C18H32N2O2. The highest BCUT2D eigenvalue weighted by molar-refractivity contribution is 5.78. The lowest BCUT2D eigenvalue weighted by Crippen LogP contribution is -2.69. The molecule has 0 aromatic heterocycles. The quantitative estimate of drug-likeness (QED) is 0.811. The lowest BCUT2D eigenvalue weighted by atomic mass is 9.59. The summed E-state index contributed by atoms with van der Waals surface area (Å²) in [4.78, 5) is 15.1. The Morgan fingerprint density at radius 1 is 1.32 bits per heavy atom. The van der Waals surface area contributed by atoms with E-state index in [-0.39, 0.29) is 22.3 Å². The number of fused-ring (bicyclic) bond motifs is 2. The van der Waals surface area contributed by atoms with Crippen molar-refractivity contribution in [2.75, 3.05) is 19.7 Å². The summed E-state index contributed by atoms with van der Waals surface area (Å²) in [6.07, 6.45) is 5.94. The van der Waals surface area contributed by atoms with E-state index in [1.165, 1.54) is 25.7 Å². The average molecular weight is 308 g/mol. The van der Waals surface area contributed by atoms with Gasteiger partial charge in [0.25, 0.3) is 0 Å². The fourth-order valence-corrected chi connectivity index (χ4v) is 6.02. The molecule has 4 atom stereocenters. The van der Waals surface area contributed by atoms with E-state index in [0.717, 1.165) is 19.5 Å². The number of carbonyl (C=O) groups is 1. The SMILES string of the molecule is CCOC(=O)[C@@H](N)[C@@]1(N2CCCC2)C[C@@H]2CC[C@]1(C)C2(C)C. The van der Waals surface area contributed by atoms with Gasteiger partial charge in [0.2, 0.25) is 0 Å². The van der Waals surface area contributed by atoms with Crippen LogP contribution in [0.4, 0.5) is 0 Å². The number of likely N-dealkylation sites (tertiary alicyclic amines) is 1. The van der Waals surface area contributed by atoms with Gasteiger partial charge in [0, 0.05) is 0 Å². The minimum Gasteiger partial charge on any atom is -0.465 e. The smallest absolute Gasteiger partial charge is 0.324 e. The van der Waals surface area contributed by atoms with Crippen LogP contribution in [0, 0.1) is 16.7 Å². The van der Waals surface area contributed by atoms with Crippen molar-refractivity contribution < 1.29 is 9.53 Å². The Labute approximate surface area is 134 Å². The van der Waals surface area contributed by atoms with Crippen LogP contribution in [0.15, 0.2) is 0 Å². The Kier molecular flexibility index (Phi) is 3.84. The number of esters is 1. The molecular weight excluding hydrogens is 276 g/mol. The molecule has 4 nitrogen and oxygen atoms in total. The third kappa shape index (κ3) is 1.80. The number of ether oxygens (including phenoxy) is 1. The van der Waals surface area contributed by atoms with Gasteiger partial charge in [-0.3, -0.25) is 9.69 Å². The first-order chi connectivity index (χ1) is 10.3. The molecule has 3 rings (SSSR count). The summed E-state index contributed by atoms with van der Waals surface area (Å²) in [5.74, 6) is 0.456. The van der Waals surface area contributed by atoms with Crippen molar-refractivity contribution in [1.29, 1.82) is 0 Å². The molecule has 2 aliphatic carbocycles. The molecule has 0 unspecified atom stereocenters. The lowest BCUT2D eigenvalue weighted by molar-refractivity contribution is -0.154. The Morgan fingerprint density at radius 2 is 1.95 bits per heavy atom. The fourth-order valence-electron chi connectivity index (χ4n) is 6.02. The summed E-state index contributed by atoms with van der Waals surface area (Å²) in [6, 6.07) is -0.528. The molecule has 1 aliphatic heterocycles. The first-order valence-corrected chi connectivity index (χ1v) is 8.98. The molecule has 0 aromatic carbocycles. The van der Waals surface area contributed by atoms with Crippen LogP contribution < -0.4 is 5.73 Å². The third-order valence-electron chi connectivity index (χ3n) is 7.67. The third-order valence-corrected chi connectivity index (χ3v) is 7.67. The first-order valence-electron chi connectivity index (χ1n) is 8.98. The van der Waals surface area contributed by atoms with Crippen molar-refractivity contribution in [3.8, 4) is 0 Å². The predicted octanol–water partition coefficient (Wildman–Crippen LogP) is 2.56. The summed E-state index contributed by atoms with van der Waals surface area (Å²) in [5, 5.41) is 0. The second-order valence-corrected chi connectivity index (χ2v) is 8.34. The van der Waals surface area contributed by atoms with E-state index < -0.39 is 6.04 Å². The average Bonchev–Trinajstić information content (AvgIpc) is 3.11. The molecule has 3 aliphatic rings. The second-order valence-electron chi connectivity index (χ2n) is 8.34. The van der Waals surface area contributed by atoms with Gasteiger partial charge in [0.15, 0.2) is 0 Å². The minimum absolute atomic E-state index is 0.0845. The van der Waals surface area contributed by atoms with Gasteiger partial charge in [0.1, 0.15) is 6.04 Å². The van der Waals surface area contributed by atoms with Gasteiger partial charge in [-0.15, -0.1) is 0 Å². The largest absolute Gasteiger partial charge is 0.465 e. The number of hydrogen-bond donors (Lipinski definition) is 1. The first kappa shape index (κ1) is 16.3. The highest BCUT2D eigenvalue weighted by atomic mass is 16.5. The zero-order valence-electron chi connectivity index (χ0n) is 14.7. The van der Waals surface area contributed by atoms with Crippen LogP contribution in [0.5, 0.6) is 0 Å². The van der Waals surface area contributed by atoms with E-state index in [0.29, 0.717) is 12.5 Å². The Morgan fingerprint density at radius 3 is 2.41 bits per heavy atom. The summed E-state index contributed by atoms with van der Waals surface area (Å²) in [6.45, 7) is 11.6. The van der Waals surface area contributed by atoms with Crippen molar-refractivity contribution in [3.05, 3.63) is 0 Å². The molecule has 0 radical (unpaired) electrons. The normalized spacial score (nSPS) is 41.8. The minimum atomic E-state index is -0.528. The Bertz CT molecular complexity index is 458. The molecule has 1 heterocycles. The molecule has 2 bridgehead atoms. The summed E-state index contributed by atoms with van der Waals surface area (Å²) in [5.41, 5.74) is 6.70. The molecule has 2 N–H and O–H groups in total. The topological polar surface area (TPSA) is 55.6 Å².